The van der Waals surface area contributed by atoms with Gasteiger partial charge in [0.15, 0.2) is 5.13 Å². The number of carbonyl (C=O) groups is 1. The summed E-state index contributed by atoms with van der Waals surface area (Å²) in [5.41, 5.74) is 0.209. The molecule has 1 atom stereocenters. The van der Waals surface area contributed by atoms with Crippen LogP contribution >= 0.6 is 22.7 Å². The summed E-state index contributed by atoms with van der Waals surface area (Å²) in [6.07, 6.45) is 2.65. The molecule has 1 unspecified atom stereocenters. The van der Waals surface area contributed by atoms with Gasteiger partial charge in [0.05, 0.1) is 23.4 Å². The summed E-state index contributed by atoms with van der Waals surface area (Å²) in [5, 5.41) is 2.08. The lowest BCUT2D eigenvalue weighted by Crippen LogP contribution is -2.46. The molecule has 1 aliphatic heterocycles. The van der Waals surface area contributed by atoms with Crippen molar-refractivity contribution < 1.29 is 22.0 Å². The van der Waals surface area contributed by atoms with Gasteiger partial charge in [-0.15, -0.1) is 11.3 Å². The molecule has 7 nitrogen and oxygen atoms in total. The number of rotatable bonds is 6. The smallest absolute Gasteiger partial charge is 0.252 e. The molecular formula is C22H20FN3O4S3. The van der Waals surface area contributed by atoms with Crippen molar-refractivity contribution in [2.45, 2.75) is 23.6 Å². The van der Waals surface area contributed by atoms with Gasteiger partial charge in [-0.25, -0.2) is 17.8 Å². The molecule has 0 bridgehead atoms. The normalized spacial score (nSPS) is 17.4. The number of furan rings is 1. The van der Waals surface area contributed by atoms with Gasteiger partial charge in [0.25, 0.3) is 10.0 Å². The lowest BCUT2D eigenvalue weighted by Gasteiger charge is -2.33. The fourth-order valence-electron chi connectivity index (χ4n) is 3.94. The third-order valence-electron chi connectivity index (χ3n) is 5.57. The second-order valence-electron chi connectivity index (χ2n) is 7.72. The van der Waals surface area contributed by atoms with Crippen LogP contribution in [0.25, 0.3) is 10.2 Å². The number of benzene rings is 1. The summed E-state index contributed by atoms with van der Waals surface area (Å²) >= 11 is 2.38. The van der Waals surface area contributed by atoms with E-state index in [1.807, 2.05) is 0 Å². The molecule has 1 aliphatic rings. The van der Waals surface area contributed by atoms with Crippen LogP contribution in [0.4, 0.5) is 9.52 Å². The number of amides is 1. The van der Waals surface area contributed by atoms with Crippen LogP contribution in [0, 0.1) is 11.7 Å². The van der Waals surface area contributed by atoms with Crippen LogP contribution in [-0.2, 0) is 21.4 Å². The van der Waals surface area contributed by atoms with Gasteiger partial charge in [-0.2, -0.15) is 4.31 Å². The minimum absolute atomic E-state index is 0.0903. The summed E-state index contributed by atoms with van der Waals surface area (Å²) in [5.74, 6) is -0.689. The van der Waals surface area contributed by atoms with Gasteiger partial charge in [-0.05, 0) is 48.6 Å². The Morgan fingerprint density at radius 3 is 2.85 bits per heavy atom. The zero-order chi connectivity index (χ0) is 23.0. The standard InChI is InChI=1S/C22H20FN3O4S3/c23-17-7-1-8-18-20(17)24-22(32-18)26(14-16-6-3-11-30-16)21(27)15-5-2-10-25(13-15)33(28,29)19-9-4-12-31-19/h1,3-4,6-9,11-12,15H,2,5,10,13-14H2. The van der Waals surface area contributed by atoms with Crippen molar-refractivity contribution in [2.75, 3.05) is 18.0 Å². The molecule has 0 spiro atoms. The first-order valence-electron chi connectivity index (χ1n) is 10.4. The highest BCUT2D eigenvalue weighted by atomic mass is 32.2. The van der Waals surface area contributed by atoms with Crippen molar-refractivity contribution in [1.82, 2.24) is 9.29 Å². The maximum absolute atomic E-state index is 14.3. The van der Waals surface area contributed by atoms with E-state index in [1.165, 1.54) is 32.9 Å². The van der Waals surface area contributed by atoms with Crippen molar-refractivity contribution >= 4 is 54.0 Å². The quantitative estimate of drug-likeness (QED) is 0.379. The first kappa shape index (κ1) is 22.2. The van der Waals surface area contributed by atoms with Crippen LogP contribution in [0.15, 0.2) is 62.7 Å². The lowest BCUT2D eigenvalue weighted by molar-refractivity contribution is -0.123. The highest BCUT2D eigenvalue weighted by molar-refractivity contribution is 7.91. The predicted octanol–water partition coefficient (Wildman–Crippen LogP) is 4.72. The van der Waals surface area contributed by atoms with E-state index in [-0.39, 0.29) is 28.7 Å². The fraction of sp³-hybridized carbons (Fsp3) is 0.273. The van der Waals surface area contributed by atoms with Gasteiger partial charge in [0.1, 0.15) is 21.3 Å². The summed E-state index contributed by atoms with van der Waals surface area (Å²) in [6, 6.07) is 11.4. The van der Waals surface area contributed by atoms with Crippen molar-refractivity contribution in [1.29, 1.82) is 0 Å². The maximum Gasteiger partial charge on any atom is 0.252 e. The number of hydrogen-bond donors (Lipinski definition) is 0. The Kier molecular flexibility index (Phi) is 6.04. The van der Waals surface area contributed by atoms with Crippen molar-refractivity contribution in [3.05, 3.63) is 65.7 Å². The van der Waals surface area contributed by atoms with E-state index in [0.29, 0.717) is 35.0 Å². The average Bonchev–Trinajstić information content (AvgIpc) is 3.59. The summed E-state index contributed by atoms with van der Waals surface area (Å²) in [4.78, 5) is 19.6. The van der Waals surface area contributed by atoms with Crippen LogP contribution in [0.3, 0.4) is 0 Å². The van der Waals surface area contributed by atoms with Gasteiger partial charge in [0.2, 0.25) is 5.91 Å². The molecule has 33 heavy (non-hydrogen) atoms. The Bertz CT molecular complexity index is 1370. The number of para-hydroxylation sites is 1. The number of fused-ring (bicyclic) bond motifs is 1. The summed E-state index contributed by atoms with van der Waals surface area (Å²) in [6.45, 7) is 0.586. The molecule has 1 aromatic carbocycles. The zero-order valence-corrected chi connectivity index (χ0v) is 19.8. The van der Waals surface area contributed by atoms with E-state index < -0.39 is 21.8 Å². The third-order valence-corrected chi connectivity index (χ3v) is 9.85. The number of anilines is 1. The van der Waals surface area contributed by atoms with Crippen LogP contribution in [0.5, 0.6) is 0 Å². The van der Waals surface area contributed by atoms with Gasteiger partial charge < -0.3 is 4.42 Å². The van der Waals surface area contributed by atoms with Crippen molar-refractivity contribution in [3.8, 4) is 0 Å². The third kappa shape index (κ3) is 4.33. The van der Waals surface area contributed by atoms with Gasteiger partial charge >= 0.3 is 0 Å². The minimum atomic E-state index is -3.65. The number of aromatic nitrogens is 1. The Labute approximate surface area is 198 Å². The number of carbonyl (C=O) groups excluding carboxylic acids is 1. The first-order valence-corrected chi connectivity index (χ1v) is 13.5. The van der Waals surface area contributed by atoms with E-state index in [2.05, 4.69) is 4.98 Å². The Hall–Kier alpha value is -2.60. The zero-order valence-electron chi connectivity index (χ0n) is 17.4. The molecule has 5 rings (SSSR count). The van der Waals surface area contributed by atoms with Gasteiger partial charge in [-0.1, -0.05) is 23.5 Å². The number of piperidine rings is 1. The van der Waals surface area contributed by atoms with Crippen LogP contribution < -0.4 is 4.90 Å². The highest BCUT2D eigenvalue weighted by Crippen LogP contribution is 2.34. The Morgan fingerprint density at radius 2 is 2.12 bits per heavy atom. The molecule has 1 fully saturated rings. The van der Waals surface area contributed by atoms with Crippen molar-refractivity contribution in [2.24, 2.45) is 5.92 Å². The van der Waals surface area contributed by atoms with Crippen LogP contribution in [0.1, 0.15) is 18.6 Å². The fourth-order valence-corrected chi connectivity index (χ4v) is 7.59. The van der Waals surface area contributed by atoms with E-state index in [1.54, 1.807) is 41.8 Å². The number of thiazole rings is 1. The Balaban J connectivity index is 1.45. The number of sulfonamides is 1. The SMILES string of the molecule is O=C(C1CCCN(S(=O)(=O)c2cccs2)C1)N(Cc1ccco1)c1nc2c(F)cccc2s1. The highest BCUT2D eigenvalue weighted by Gasteiger charge is 2.37. The molecular weight excluding hydrogens is 485 g/mol. The molecule has 3 aromatic heterocycles. The van der Waals surface area contributed by atoms with Gasteiger partial charge in [0, 0.05) is 13.1 Å². The molecule has 0 aliphatic carbocycles. The molecule has 1 amide bonds. The molecule has 0 N–H and O–H groups in total. The predicted molar refractivity (Wildman–Crippen MR) is 125 cm³/mol. The second-order valence-corrected chi connectivity index (χ2v) is 11.8. The summed E-state index contributed by atoms with van der Waals surface area (Å²) < 4.78 is 48.0. The monoisotopic (exact) mass is 505 g/mol. The molecule has 4 aromatic rings. The van der Waals surface area contributed by atoms with E-state index >= 15 is 0 Å². The maximum atomic E-state index is 14.3. The minimum Gasteiger partial charge on any atom is -0.467 e. The van der Waals surface area contributed by atoms with E-state index in [0.717, 1.165) is 11.3 Å². The first-order chi connectivity index (χ1) is 15.9. The number of nitrogens with zero attached hydrogens (tertiary/aromatic N) is 3. The molecule has 4 heterocycles. The average molecular weight is 506 g/mol. The molecule has 0 saturated carbocycles. The molecule has 0 radical (unpaired) electrons. The molecule has 11 heteroatoms. The van der Waals surface area contributed by atoms with E-state index in [4.69, 9.17) is 4.42 Å². The number of halogens is 1. The van der Waals surface area contributed by atoms with E-state index in [9.17, 15) is 17.6 Å². The molecule has 172 valence electrons. The second kappa shape index (κ2) is 8.98. The summed E-state index contributed by atoms with van der Waals surface area (Å²) in [7, 11) is -3.65. The van der Waals surface area contributed by atoms with Crippen LogP contribution in [0.2, 0.25) is 0 Å². The van der Waals surface area contributed by atoms with Crippen molar-refractivity contribution in [3.63, 3.8) is 0 Å². The number of thiophene rings is 1. The van der Waals surface area contributed by atoms with Gasteiger partial charge in [-0.3, -0.25) is 9.69 Å². The lowest BCUT2D eigenvalue weighted by atomic mass is 9.98. The number of hydrogen-bond acceptors (Lipinski definition) is 7. The molecule has 1 saturated heterocycles. The van der Waals surface area contributed by atoms with Crippen LogP contribution in [-0.4, -0.2) is 36.7 Å². The topological polar surface area (TPSA) is 83.7 Å². The largest absolute Gasteiger partial charge is 0.467 e. The Morgan fingerprint density at radius 1 is 1.24 bits per heavy atom.